The molecule has 2 aliphatic rings. The average Bonchev–Trinajstić information content (AvgIpc) is 3.42. The van der Waals surface area contributed by atoms with Gasteiger partial charge in [0.2, 0.25) is 0 Å². The van der Waals surface area contributed by atoms with Gasteiger partial charge in [-0.15, -0.1) is 0 Å². The minimum atomic E-state index is -0.0947. The van der Waals surface area contributed by atoms with Crippen LogP contribution in [0.4, 0.5) is 5.82 Å². The predicted molar refractivity (Wildman–Crippen MR) is 101 cm³/mol. The smallest absolute Gasteiger partial charge is 0.276 e. The number of anilines is 1. The maximum atomic E-state index is 12.7. The number of likely N-dealkylation sites (tertiary alicyclic amines) is 1. The van der Waals surface area contributed by atoms with Crippen molar-refractivity contribution in [3.63, 3.8) is 0 Å². The van der Waals surface area contributed by atoms with Crippen molar-refractivity contribution in [3.8, 4) is 5.75 Å². The highest BCUT2D eigenvalue weighted by atomic mass is 16.5. The SMILES string of the molecule is CC(C)c1cc(C(=O)N2CCC(Oc3cccnc3N3CCCC3)C2)no1. The number of ether oxygens (including phenoxy) is 1. The minimum Gasteiger partial charge on any atom is -0.485 e. The van der Waals surface area contributed by atoms with Crippen LogP contribution in [-0.4, -0.2) is 53.2 Å². The summed E-state index contributed by atoms with van der Waals surface area (Å²) in [6.45, 7) is 7.28. The molecule has 0 spiro atoms. The molecular weight excluding hydrogens is 344 g/mol. The lowest BCUT2D eigenvalue weighted by Gasteiger charge is -2.22. The van der Waals surface area contributed by atoms with Crippen LogP contribution >= 0.6 is 0 Å². The number of amides is 1. The van der Waals surface area contributed by atoms with Gasteiger partial charge in [-0.2, -0.15) is 0 Å². The summed E-state index contributed by atoms with van der Waals surface area (Å²) < 4.78 is 11.5. The van der Waals surface area contributed by atoms with E-state index in [0.29, 0.717) is 18.8 Å². The number of hydrogen-bond acceptors (Lipinski definition) is 6. The number of rotatable bonds is 5. The van der Waals surface area contributed by atoms with Gasteiger partial charge in [0, 0.05) is 44.2 Å². The predicted octanol–water partition coefficient (Wildman–Crippen LogP) is 3.09. The molecule has 0 bridgehead atoms. The Labute approximate surface area is 159 Å². The third-order valence-electron chi connectivity index (χ3n) is 5.20. The van der Waals surface area contributed by atoms with Crippen molar-refractivity contribution in [2.75, 3.05) is 31.1 Å². The van der Waals surface area contributed by atoms with Crippen molar-refractivity contribution in [3.05, 3.63) is 35.9 Å². The highest BCUT2D eigenvalue weighted by molar-refractivity contribution is 5.92. The van der Waals surface area contributed by atoms with E-state index >= 15 is 0 Å². The van der Waals surface area contributed by atoms with Gasteiger partial charge in [-0.05, 0) is 25.0 Å². The van der Waals surface area contributed by atoms with E-state index in [1.54, 1.807) is 11.0 Å². The lowest BCUT2D eigenvalue weighted by Crippen LogP contribution is -2.31. The zero-order valence-corrected chi connectivity index (χ0v) is 15.9. The van der Waals surface area contributed by atoms with E-state index in [-0.39, 0.29) is 17.9 Å². The second kappa shape index (κ2) is 7.58. The van der Waals surface area contributed by atoms with Crippen LogP contribution in [0.25, 0.3) is 0 Å². The fraction of sp³-hybridized carbons (Fsp3) is 0.550. The van der Waals surface area contributed by atoms with Gasteiger partial charge < -0.3 is 19.1 Å². The van der Waals surface area contributed by atoms with Crippen LogP contribution in [0.2, 0.25) is 0 Å². The van der Waals surface area contributed by atoms with Crippen LogP contribution in [0.1, 0.15) is 55.3 Å². The summed E-state index contributed by atoms with van der Waals surface area (Å²) in [7, 11) is 0. The third-order valence-corrected chi connectivity index (χ3v) is 5.20. The molecule has 7 nitrogen and oxygen atoms in total. The maximum absolute atomic E-state index is 12.7. The molecule has 27 heavy (non-hydrogen) atoms. The summed E-state index contributed by atoms with van der Waals surface area (Å²) in [5.41, 5.74) is 0.374. The quantitative estimate of drug-likeness (QED) is 0.805. The highest BCUT2D eigenvalue weighted by Crippen LogP contribution is 2.30. The third kappa shape index (κ3) is 3.77. The molecule has 2 aromatic heterocycles. The molecule has 2 fully saturated rings. The van der Waals surface area contributed by atoms with Gasteiger partial charge in [0.05, 0.1) is 6.54 Å². The van der Waals surface area contributed by atoms with Crippen molar-refractivity contribution in [2.45, 2.75) is 45.1 Å². The van der Waals surface area contributed by atoms with Crippen molar-refractivity contribution >= 4 is 11.7 Å². The molecule has 1 unspecified atom stereocenters. The van der Waals surface area contributed by atoms with Gasteiger partial charge in [-0.25, -0.2) is 4.98 Å². The average molecular weight is 370 g/mol. The number of carbonyl (C=O) groups is 1. The highest BCUT2D eigenvalue weighted by Gasteiger charge is 2.31. The van der Waals surface area contributed by atoms with E-state index in [4.69, 9.17) is 9.26 Å². The zero-order valence-electron chi connectivity index (χ0n) is 15.9. The molecule has 1 amide bonds. The Morgan fingerprint density at radius 1 is 1.30 bits per heavy atom. The number of pyridine rings is 1. The molecule has 0 aliphatic carbocycles. The Hall–Kier alpha value is -2.57. The molecule has 4 rings (SSSR count). The fourth-order valence-corrected chi connectivity index (χ4v) is 3.65. The molecule has 4 heterocycles. The Morgan fingerprint density at radius 2 is 2.11 bits per heavy atom. The monoisotopic (exact) mass is 370 g/mol. The van der Waals surface area contributed by atoms with E-state index in [1.807, 2.05) is 32.2 Å². The fourth-order valence-electron chi connectivity index (χ4n) is 3.65. The second-order valence-electron chi connectivity index (χ2n) is 7.57. The topological polar surface area (TPSA) is 71.7 Å². The van der Waals surface area contributed by atoms with Crippen LogP contribution in [-0.2, 0) is 0 Å². The minimum absolute atomic E-state index is 0.0315. The lowest BCUT2D eigenvalue weighted by molar-refractivity contribution is 0.0762. The van der Waals surface area contributed by atoms with Crippen LogP contribution < -0.4 is 9.64 Å². The second-order valence-corrected chi connectivity index (χ2v) is 7.57. The number of hydrogen-bond donors (Lipinski definition) is 0. The summed E-state index contributed by atoms with van der Waals surface area (Å²) in [6.07, 6.45) is 4.96. The van der Waals surface area contributed by atoms with Crippen molar-refractivity contribution in [1.82, 2.24) is 15.0 Å². The zero-order chi connectivity index (χ0) is 18.8. The summed E-state index contributed by atoms with van der Waals surface area (Å²) in [4.78, 5) is 21.3. The number of aromatic nitrogens is 2. The number of nitrogens with zero attached hydrogens (tertiary/aromatic N) is 4. The molecule has 144 valence electrons. The van der Waals surface area contributed by atoms with Gasteiger partial charge in [-0.1, -0.05) is 19.0 Å². The van der Waals surface area contributed by atoms with Crippen LogP contribution in [0, 0.1) is 0 Å². The van der Waals surface area contributed by atoms with E-state index in [1.165, 1.54) is 12.8 Å². The molecule has 2 aliphatic heterocycles. The Bertz CT molecular complexity index is 798. The molecule has 0 N–H and O–H groups in total. The lowest BCUT2D eigenvalue weighted by atomic mass is 10.1. The first-order valence-corrected chi connectivity index (χ1v) is 9.74. The van der Waals surface area contributed by atoms with Crippen molar-refractivity contribution in [1.29, 1.82) is 0 Å². The first-order valence-electron chi connectivity index (χ1n) is 9.74. The number of carbonyl (C=O) groups excluding carboxylic acids is 1. The maximum Gasteiger partial charge on any atom is 0.276 e. The first kappa shape index (κ1) is 17.8. The normalized spacial score (nSPS) is 19.9. The Kier molecular flexibility index (Phi) is 5.01. The van der Waals surface area contributed by atoms with Crippen molar-refractivity contribution < 1.29 is 14.1 Å². The van der Waals surface area contributed by atoms with Crippen LogP contribution in [0.15, 0.2) is 28.9 Å². The molecule has 0 saturated carbocycles. The van der Waals surface area contributed by atoms with Crippen LogP contribution in [0.3, 0.4) is 0 Å². The Balaban J connectivity index is 1.40. The van der Waals surface area contributed by atoms with E-state index in [2.05, 4.69) is 15.0 Å². The van der Waals surface area contributed by atoms with Gasteiger partial charge in [0.1, 0.15) is 11.9 Å². The van der Waals surface area contributed by atoms with E-state index in [0.717, 1.165) is 36.8 Å². The van der Waals surface area contributed by atoms with Gasteiger partial charge in [0.15, 0.2) is 17.3 Å². The molecule has 2 saturated heterocycles. The molecule has 0 radical (unpaired) electrons. The summed E-state index contributed by atoms with van der Waals surface area (Å²) in [6, 6.07) is 5.61. The molecule has 1 atom stereocenters. The van der Waals surface area contributed by atoms with Gasteiger partial charge in [-0.3, -0.25) is 4.79 Å². The van der Waals surface area contributed by atoms with Crippen LogP contribution in [0.5, 0.6) is 5.75 Å². The van der Waals surface area contributed by atoms with E-state index < -0.39 is 0 Å². The molecule has 2 aromatic rings. The van der Waals surface area contributed by atoms with Gasteiger partial charge >= 0.3 is 0 Å². The van der Waals surface area contributed by atoms with E-state index in [9.17, 15) is 4.79 Å². The summed E-state index contributed by atoms with van der Waals surface area (Å²) >= 11 is 0. The molecule has 0 aromatic carbocycles. The van der Waals surface area contributed by atoms with Crippen molar-refractivity contribution in [2.24, 2.45) is 0 Å². The summed E-state index contributed by atoms with van der Waals surface area (Å²) in [5, 5.41) is 3.93. The summed E-state index contributed by atoms with van der Waals surface area (Å²) in [5.74, 6) is 2.57. The largest absolute Gasteiger partial charge is 0.485 e. The van der Waals surface area contributed by atoms with Gasteiger partial charge in [0.25, 0.3) is 5.91 Å². The Morgan fingerprint density at radius 3 is 2.85 bits per heavy atom. The standard InChI is InChI=1S/C20H26N4O3/c1-14(2)18-12-16(22-27-18)20(25)24-11-7-15(13-24)26-17-6-5-8-21-19(17)23-9-3-4-10-23/h5-6,8,12,14-15H,3-4,7,9-11,13H2,1-2H3. The molecular formula is C20H26N4O3. The molecule has 7 heteroatoms. The first-order chi connectivity index (χ1) is 13.1.